The standard InChI is InChI=1S/C22H18FN3O2/c23-13-5-6-18-12(9-13)10-19(28-18)22(7-8-22)26-21(27)15-11-14(15)20-24-16-3-1-2-4-17(16)25-20/h1-6,9-10,14-15H,7-8,11H2,(H,24,25)(H,26,27)/t14-,15?/m0/s1. The predicted molar refractivity (Wildman–Crippen MR) is 102 cm³/mol. The van der Waals surface area contributed by atoms with E-state index in [1.807, 2.05) is 30.3 Å². The van der Waals surface area contributed by atoms with Gasteiger partial charge in [0, 0.05) is 17.2 Å². The van der Waals surface area contributed by atoms with Crippen LogP contribution < -0.4 is 5.32 Å². The Morgan fingerprint density at radius 2 is 2.07 bits per heavy atom. The van der Waals surface area contributed by atoms with Crippen LogP contribution in [0.5, 0.6) is 0 Å². The minimum atomic E-state index is -0.451. The van der Waals surface area contributed by atoms with E-state index in [-0.39, 0.29) is 23.6 Å². The van der Waals surface area contributed by atoms with Crippen LogP contribution in [0.1, 0.15) is 36.8 Å². The number of furan rings is 1. The average Bonchev–Trinajstić information content (AvgIpc) is 3.57. The van der Waals surface area contributed by atoms with Crippen molar-refractivity contribution in [1.29, 1.82) is 0 Å². The number of benzene rings is 2. The summed E-state index contributed by atoms with van der Waals surface area (Å²) >= 11 is 0. The molecule has 2 saturated carbocycles. The van der Waals surface area contributed by atoms with Crippen LogP contribution >= 0.6 is 0 Å². The number of H-pyrrole nitrogens is 1. The SMILES string of the molecule is O=C(NC1(c2cc3cc(F)ccc3o2)CC1)C1C[C@@H]1c1nc2ccccc2[nH]1. The Hall–Kier alpha value is -3.15. The maximum absolute atomic E-state index is 13.4. The number of hydrogen-bond acceptors (Lipinski definition) is 3. The van der Waals surface area contributed by atoms with Crippen LogP contribution in [0.3, 0.4) is 0 Å². The fraction of sp³-hybridized carbons (Fsp3) is 0.273. The zero-order valence-corrected chi connectivity index (χ0v) is 15.0. The van der Waals surface area contributed by atoms with Crippen LogP contribution in [0.25, 0.3) is 22.0 Å². The van der Waals surface area contributed by atoms with Crippen molar-refractivity contribution in [2.75, 3.05) is 0 Å². The van der Waals surface area contributed by atoms with Gasteiger partial charge in [0.2, 0.25) is 5.91 Å². The predicted octanol–water partition coefficient (Wildman–Crippen LogP) is 4.36. The molecule has 140 valence electrons. The Bertz CT molecular complexity index is 1200. The van der Waals surface area contributed by atoms with Crippen molar-refractivity contribution in [3.05, 3.63) is 65.9 Å². The van der Waals surface area contributed by atoms with Gasteiger partial charge in [0.05, 0.1) is 16.6 Å². The topological polar surface area (TPSA) is 70.9 Å². The summed E-state index contributed by atoms with van der Waals surface area (Å²) in [6, 6.07) is 14.2. The van der Waals surface area contributed by atoms with E-state index < -0.39 is 5.54 Å². The lowest BCUT2D eigenvalue weighted by atomic mass is 10.1. The van der Waals surface area contributed by atoms with E-state index in [4.69, 9.17) is 4.42 Å². The molecule has 0 radical (unpaired) electrons. The highest BCUT2D eigenvalue weighted by Gasteiger charge is 2.53. The third-order valence-corrected chi connectivity index (χ3v) is 5.95. The highest BCUT2D eigenvalue weighted by atomic mass is 19.1. The molecule has 6 heteroatoms. The number of nitrogens with one attached hydrogen (secondary N) is 2. The second-order valence-corrected chi connectivity index (χ2v) is 7.95. The lowest BCUT2D eigenvalue weighted by Gasteiger charge is -2.14. The molecular weight excluding hydrogens is 357 g/mol. The van der Waals surface area contributed by atoms with Crippen LogP contribution in [0.2, 0.25) is 0 Å². The molecule has 28 heavy (non-hydrogen) atoms. The fourth-order valence-electron chi connectivity index (χ4n) is 4.07. The number of carbonyl (C=O) groups is 1. The third kappa shape index (κ3) is 2.44. The van der Waals surface area contributed by atoms with Gasteiger partial charge >= 0.3 is 0 Å². The Balaban J connectivity index is 1.21. The second-order valence-electron chi connectivity index (χ2n) is 7.95. The molecule has 2 aromatic heterocycles. The molecule has 5 nitrogen and oxygen atoms in total. The molecule has 1 unspecified atom stereocenters. The van der Waals surface area contributed by atoms with E-state index in [2.05, 4.69) is 15.3 Å². The summed E-state index contributed by atoms with van der Waals surface area (Å²) in [7, 11) is 0. The molecule has 2 fully saturated rings. The second kappa shape index (κ2) is 5.44. The van der Waals surface area contributed by atoms with Crippen molar-refractivity contribution in [3.8, 4) is 0 Å². The van der Waals surface area contributed by atoms with Gasteiger partial charge < -0.3 is 14.7 Å². The van der Waals surface area contributed by atoms with Crippen molar-refractivity contribution in [1.82, 2.24) is 15.3 Å². The summed E-state index contributed by atoms with van der Waals surface area (Å²) in [5.41, 5.74) is 2.12. The van der Waals surface area contributed by atoms with Crippen LogP contribution in [-0.2, 0) is 10.3 Å². The number of rotatable bonds is 4. The van der Waals surface area contributed by atoms with Gasteiger partial charge in [-0.1, -0.05) is 12.1 Å². The Morgan fingerprint density at radius 1 is 1.21 bits per heavy atom. The number of fused-ring (bicyclic) bond motifs is 2. The van der Waals surface area contributed by atoms with E-state index in [9.17, 15) is 9.18 Å². The fourth-order valence-corrected chi connectivity index (χ4v) is 4.07. The molecule has 0 bridgehead atoms. The summed E-state index contributed by atoms with van der Waals surface area (Å²) in [5.74, 6) is 1.40. The quantitative estimate of drug-likeness (QED) is 0.557. The van der Waals surface area contributed by atoms with Gasteiger partial charge in [-0.05, 0) is 55.7 Å². The van der Waals surface area contributed by atoms with Crippen molar-refractivity contribution < 1.29 is 13.6 Å². The van der Waals surface area contributed by atoms with Crippen molar-refractivity contribution in [3.63, 3.8) is 0 Å². The van der Waals surface area contributed by atoms with Crippen LogP contribution in [0.15, 0.2) is 52.9 Å². The lowest BCUT2D eigenvalue weighted by Crippen LogP contribution is -2.35. The van der Waals surface area contributed by atoms with E-state index in [1.54, 1.807) is 6.07 Å². The van der Waals surface area contributed by atoms with E-state index in [0.29, 0.717) is 11.3 Å². The number of para-hydroxylation sites is 2. The first kappa shape index (κ1) is 15.9. The van der Waals surface area contributed by atoms with Crippen molar-refractivity contribution >= 4 is 27.9 Å². The van der Waals surface area contributed by atoms with Gasteiger partial charge in [-0.3, -0.25) is 4.79 Å². The Morgan fingerprint density at radius 3 is 2.89 bits per heavy atom. The van der Waals surface area contributed by atoms with Crippen LogP contribution in [-0.4, -0.2) is 15.9 Å². The number of halogens is 1. The summed E-state index contributed by atoms with van der Waals surface area (Å²) in [5, 5.41) is 3.91. The Labute approximate surface area is 159 Å². The molecule has 0 spiro atoms. The Kier molecular flexibility index (Phi) is 3.08. The van der Waals surface area contributed by atoms with Gasteiger partial charge in [-0.15, -0.1) is 0 Å². The minimum Gasteiger partial charge on any atom is -0.459 e. The number of carbonyl (C=O) groups excluding carboxylic acids is 1. The maximum Gasteiger partial charge on any atom is 0.224 e. The number of imidazole rings is 1. The first-order valence-corrected chi connectivity index (χ1v) is 9.58. The van der Waals surface area contributed by atoms with Crippen molar-refractivity contribution in [2.45, 2.75) is 30.7 Å². The molecule has 2 aliphatic rings. The van der Waals surface area contributed by atoms with Gasteiger partial charge in [0.25, 0.3) is 0 Å². The van der Waals surface area contributed by atoms with Gasteiger partial charge in [-0.25, -0.2) is 9.37 Å². The van der Waals surface area contributed by atoms with Gasteiger partial charge in [0.1, 0.15) is 23.0 Å². The largest absolute Gasteiger partial charge is 0.459 e. The zero-order chi connectivity index (χ0) is 18.9. The van der Waals surface area contributed by atoms with E-state index in [0.717, 1.165) is 41.5 Å². The average molecular weight is 375 g/mol. The molecule has 0 saturated heterocycles. The van der Waals surface area contributed by atoms with E-state index in [1.165, 1.54) is 12.1 Å². The summed E-state index contributed by atoms with van der Waals surface area (Å²) in [6.07, 6.45) is 2.47. The molecule has 2 aromatic carbocycles. The summed E-state index contributed by atoms with van der Waals surface area (Å²) < 4.78 is 19.3. The van der Waals surface area contributed by atoms with Crippen LogP contribution in [0.4, 0.5) is 4.39 Å². The molecular formula is C22H18FN3O2. The highest BCUT2D eigenvalue weighted by Crippen LogP contribution is 2.51. The molecule has 2 atom stereocenters. The van der Waals surface area contributed by atoms with Gasteiger partial charge in [-0.2, -0.15) is 0 Å². The molecule has 2 heterocycles. The highest BCUT2D eigenvalue weighted by molar-refractivity contribution is 5.85. The smallest absolute Gasteiger partial charge is 0.224 e. The zero-order valence-electron chi connectivity index (χ0n) is 15.0. The molecule has 1 amide bonds. The lowest BCUT2D eigenvalue weighted by molar-refractivity contribution is -0.123. The molecule has 2 aliphatic carbocycles. The first-order valence-electron chi connectivity index (χ1n) is 9.58. The maximum atomic E-state index is 13.4. The van der Waals surface area contributed by atoms with Gasteiger partial charge in [0.15, 0.2) is 0 Å². The van der Waals surface area contributed by atoms with Crippen LogP contribution in [0, 0.1) is 11.7 Å². The number of aromatic amines is 1. The van der Waals surface area contributed by atoms with Crippen molar-refractivity contribution in [2.24, 2.45) is 5.92 Å². The molecule has 0 aliphatic heterocycles. The summed E-state index contributed by atoms with van der Waals surface area (Å²) in [4.78, 5) is 20.8. The van der Waals surface area contributed by atoms with E-state index >= 15 is 0 Å². The normalized spacial score (nSPS) is 22.5. The number of aromatic nitrogens is 2. The number of nitrogens with zero attached hydrogens (tertiary/aromatic N) is 1. The number of hydrogen-bond donors (Lipinski definition) is 2. The summed E-state index contributed by atoms with van der Waals surface area (Å²) in [6.45, 7) is 0. The molecule has 6 rings (SSSR count). The first-order chi connectivity index (χ1) is 13.6. The minimum absolute atomic E-state index is 0.0367. The molecule has 2 N–H and O–H groups in total. The monoisotopic (exact) mass is 375 g/mol. The molecule has 4 aromatic rings. The third-order valence-electron chi connectivity index (χ3n) is 5.95. The number of amides is 1.